The number of benzene rings is 1. The molecule has 0 fully saturated rings. The highest BCUT2D eigenvalue weighted by molar-refractivity contribution is 5.89. The third-order valence-electron chi connectivity index (χ3n) is 2.35. The third-order valence-corrected chi connectivity index (χ3v) is 2.35. The van der Waals surface area contributed by atoms with Crippen molar-refractivity contribution >= 4 is 23.1 Å². The van der Waals surface area contributed by atoms with Crippen LogP contribution in [-0.2, 0) is 4.79 Å². The number of hydrogen-bond acceptors (Lipinski definition) is 4. The topological polar surface area (TPSA) is 77.8 Å². The number of carbonyl (C=O) groups is 1. The molecule has 0 saturated carbocycles. The maximum absolute atomic E-state index is 11.0. The van der Waals surface area contributed by atoms with E-state index in [9.17, 15) is 4.79 Å². The minimum atomic E-state index is -0.117. The molecule has 2 rings (SSSR count). The summed E-state index contributed by atoms with van der Waals surface area (Å²) in [5.41, 5.74) is 2.03. The Morgan fingerprint density at radius 3 is 2.68 bits per heavy atom. The summed E-state index contributed by atoms with van der Waals surface area (Å²) in [6, 6.07) is 12.7. The SMILES string of the molecule is CC(=O)Nc1cccc(Nc2ccc(C#N)cn2)c1. The second-order valence-electron chi connectivity index (χ2n) is 3.93. The molecule has 1 aromatic carbocycles. The first kappa shape index (κ1) is 12.6. The summed E-state index contributed by atoms with van der Waals surface area (Å²) in [7, 11) is 0. The van der Waals surface area contributed by atoms with Gasteiger partial charge in [-0.3, -0.25) is 4.79 Å². The zero-order valence-corrected chi connectivity index (χ0v) is 10.3. The lowest BCUT2D eigenvalue weighted by atomic mass is 10.2. The smallest absolute Gasteiger partial charge is 0.221 e. The predicted molar refractivity (Wildman–Crippen MR) is 73.0 cm³/mol. The number of nitrogens with one attached hydrogen (secondary N) is 2. The summed E-state index contributed by atoms with van der Waals surface area (Å²) in [6.07, 6.45) is 1.50. The second-order valence-corrected chi connectivity index (χ2v) is 3.93. The minimum absolute atomic E-state index is 0.117. The van der Waals surface area contributed by atoms with Crippen molar-refractivity contribution in [2.45, 2.75) is 6.92 Å². The molecule has 2 aromatic rings. The van der Waals surface area contributed by atoms with E-state index in [-0.39, 0.29) is 5.91 Å². The Labute approximate surface area is 110 Å². The largest absolute Gasteiger partial charge is 0.340 e. The quantitative estimate of drug-likeness (QED) is 0.880. The molecule has 19 heavy (non-hydrogen) atoms. The Kier molecular flexibility index (Phi) is 3.74. The molecule has 0 atom stereocenters. The van der Waals surface area contributed by atoms with E-state index in [1.54, 1.807) is 24.3 Å². The maximum atomic E-state index is 11.0. The van der Waals surface area contributed by atoms with Gasteiger partial charge in [0.25, 0.3) is 0 Å². The molecule has 0 saturated heterocycles. The predicted octanol–water partition coefficient (Wildman–Crippen LogP) is 2.66. The average Bonchev–Trinajstić information content (AvgIpc) is 2.39. The van der Waals surface area contributed by atoms with Crippen LogP contribution in [0.1, 0.15) is 12.5 Å². The van der Waals surface area contributed by atoms with Crippen molar-refractivity contribution in [3.63, 3.8) is 0 Å². The van der Waals surface area contributed by atoms with Crippen LogP contribution in [0.3, 0.4) is 0 Å². The van der Waals surface area contributed by atoms with Gasteiger partial charge in [0.05, 0.1) is 5.56 Å². The van der Waals surface area contributed by atoms with Crippen LogP contribution in [0.5, 0.6) is 0 Å². The van der Waals surface area contributed by atoms with Gasteiger partial charge in [-0.1, -0.05) is 6.07 Å². The van der Waals surface area contributed by atoms with Crippen LogP contribution in [0, 0.1) is 11.3 Å². The lowest BCUT2D eigenvalue weighted by Crippen LogP contribution is -2.05. The molecule has 0 unspecified atom stereocenters. The van der Waals surface area contributed by atoms with Gasteiger partial charge in [-0.15, -0.1) is 0 Å². The van der Waals surface area contributed by atoms with Gasteiger partial charge in [-0.05, 0) is 30.3 Å². The summed E-state index contributed by atoms with van der Waals surface area (Å²) < 4.78 is 0. The van der Waals surface area contributed by atoms with E-state index in [1.165, 1.54) is 13.1 Å². The third kappa shape index (κ3) is 3.54. The second kappa shape index (κ2) is 5.65. The molecule has 1 heterocycles. The highest BCUT2D eigenvalue weighted by Crippen LogP contribution is 2.18. The van der Waals surface area contributed by atoms with E-state index in [4.69, 9.17) is 5.26 Å². The van der Waals surface area contributed by atoms with Gasteiger partial charge in [-0.2, -0.15) is 5.26 Å². The Balaban J connectivity index is 2.14. The molecule has 5 heteroatoms. The van der Waals surface area contributed by atoms with Gasteiger partial charge < -0.3 is 10.6 Å². The van der Waals surface area contributed by atoms with Crippen LogP contribution in [0.25, 0.3) is 0 Å². The first-order valence-electron chi connectivity index (χ1n) is 5.68. The zero-order valence-electron chi connectivity index (χ0n) is 10.3. The summed E-state index contributed by atoms with van der Waals surface area (Å²) >= 11 is 0. The van der Waals surface area contributed by atoms with Gasteiger partial charge >= 0.3 is 0 Å². The molecule has 0 spiro atoms. The molecule has 0 bridgehead atoms. The number of aromatic nitrogens is 1. The minimum Gasteiger partial charge on any atom is -0.340 e. The Hall–Kier alpha value is -2.87. The molecule has 5 nitrogen and oxygen atoms in total. The van der Waals surface area contributed by atoms with E-state index < -0.39 is 0 Å². The summed E-state index contributed by atoms with van der Waals surface area (Å²) in [4.78, 5) is 15.1. The standard InChI is InChI=1S/C14H12N4O/c1-10(19)17-12-3-2-4-13(7-12)18-14-6-5-11(8-15)9-16-14/h2-7,9H,1H3,(H,16,18)(H,17,19). The highest BCUT2D eigenvalue weighted by atomic mass is 16.1. The van der Waals surface area contributed by atoms with Gasteiger partial charge in [0, 0.05) is 24.5 Å². The van der Waals surface area contributed by atoms with Crippen molar-refractivity contribution in [3.05, 3.63) is 48.2 Å². The van der Waals surface area contributed by atoms with E-state index in [0.717, 1.165) is 5.69 Å². The molecule has 0 aliphatic rings. The number of carbonyl (C=O) groups excluding carboxylic acids is 1. The fraction of sp³-hybridized carbons (Fsp3) is 0.0714. The Morgan fingerprint density at radius 2 is 2.05 bits per heavy atom. The molecule has 1 aromatic heterocycles. The highest BCUT2D eigenvalue weighted by Gasteiger charge is 1.99. The number of nitrogens with zero attached hydrogens (tertiary/aromatic N) is 2. The lowest BCUT2D eigenvalue weighted by Gasteiger charge is -2.08. The first-order valence-corrected chi connectivity index (χ1v) is 5.68. The Morgan fingerprint density at radius 1 is 1.26 bits per heavy atom. The van der Waals surface area contributed by atoms with Crippen molar-refractivity contribution in [1.82, 2.24) is 4.98 Å². The van der Waals surface area contributed by atoms with Crippen molar-refractivity contribution < 1.29 is 4.79 Å². The number of nitriles is 1. The first-order chi connectivity index (χ1) is 9.17. The molecule has 94 valence electrons. The zero-order chi connectivity index (χ0) is 13.7. The van der Waals surface area contributed by atoms with E-state index in [2.05, 4.69) is 15.6 Å². The van der Waals surface area contributed by atoms with Gasteiger partial charge in [-0.25, -0.2) is 4.98 Å². The van der Waals surface area contributed by atoms with Gasteiger partial charge in [0.2, 0.25) is 5.91 Å². The van der Waals surface area contributed by atoms with Crippen molar-refractivity contribution in [3.8, 4) is 6.07 Å². The molecule has 0 aliphatic heterocycles. The van der Waals surface area contributed by atoms with E-state index >= 15 is 0 Å². The number of amides is 1. The molecule has 2 N–H and O–H groups in total. The van der Waals surface area contributed by atoms with Crippen molar-refractivity contribution in [2.24, 2.45) is 0 Å². The molecular weight excluding hydrogens is 240 g/mol. The Bertz CT molecular complexity index is 629. The fourth-order valence-corrected chi connectivity index (χ4v) is 1.56. The lowest BCUT2D eigenvalue weighted by molar-refractivity contribution is -0.114. The number of hydrogen-bond donors (Lipinski definition) is 2. The van der Waals surface area contributed by atoms with Crippen LogP contribution in [0.2, 0.25) is 0 Å². The van der Waals surface area contributed by atoms with Crippen LogP contribution >= 0.6 is 0 Å². The van der Waals surface area contributed by atoms with Crippen LogP contribution in [0.4, 0.5) is 17.2 Å². The number of pyridine rings is 1. The summed E-state index contributed by atoms with van der Waals surface area (Å²) in [5.74, 6) is 0.521. The maximum Gasteiger partial charge on any atom is 0.221 e. The van der Waals surface area contributed by atoms with Gasteiger partial charge in [0.15, 0.2) is 0 Å². The van der Waals surface area contributed by atoms with Crippen molar-refractivity contribution in [1.29, 1.82) is 5.26 Å². The normalized spacial score (nSPS) is 9.47. The van der Waals surface area contributed by atoms with Crippen LogP contribution < -0.4 is 10.6 Å². The molecular formula is C14H12N4O. The number of rotatable bonds is 3. The molecule has 0 radical (unpaired) electrons. The van der Waals surface area contributed by atoms with Crippen LogP contribution in [-0.4, -0.2) is 10.9 Å². The monoisotopic (exact) mass is 252 g/mol. The molecule has 0 aliphatic carbocycles. The molecule has 1 amide bonds. The van der Waals surface area contributed by atoms with E-state index in [1.807, 2.05) is 18.2 Å². The summed E-state index contributed by atoms with van der Waals surface area (Å²) in [5, 5.41) is 14.5. The van der Waals surface area contributed by atoms with Crippen molar-refractivity contribution in [2.75, 3.05) is 10.6 Å². The summed E-state index contributed by atoms with van der Waals surface area (Å²) in [6.45, 7) is 1.46. The fourth-order valence-electron chi connectivity index (χ4n) is 1.56. The average molecular weight is 252 g/mol. The number of anilines is 3. The van der Waals surface area contributed by atoms with Crippen LogP contribution in [0.15, 0.2) is 42.6 Å². The van der Waals surface area contributed by atoms with Gasteiger partial charge in [0.1, 0.15) is 11.9 Å². The van der Waals surface area contributed by atoms with E-state index in [0.29, 0.717) is 17.1 Å².